The molecule has 0 aliphatic carbocycles. The van der Waals surface area contributed by atoms with Gasteiger partial charge >= 0.3 is 0 Å². The van der Waals surface area contributed by atoms with Gasteiger partial charge in [-0.2, -0.15) is 0 Å². The SMILES string of the molecule is c1ccc(-n2c3ccccc3c3cc(-c4ccc5c(c4)Oc4ccccc4[Si]5(c4ccc(-n5c6ccccc6c6ccccc65)cc4)c4ccc5sc6ccccc6c5c4)ccc32)cc1. The van der Waals surface area contributed by atoms with E-state index in [1.54, 1.807) is 0 Å². The number of para-hydroxylation sites is 5. The Balaban J connectivity index is 0.998. The van der Waals surface area contributed by atoms with E-state index < -0.39 is 8.07 Å². The van der Waals surface area contributed by atoms with Crippen LogP contribution in [-0.2, 0) is 0 Å². The summed E-state index contributed by atoms with van der Waals surface area (Å²) in [5, 5.41) is 12.8. The molecule has 3 aromatic heterocycles. The Labute approximate surface area is 380 Å². The molecule has 0 bridgehead atoms. The molecular formula is C60H38N2OSSi. The molecular weight excluding hydrogens is 825 g/mol. The highest BCUT2D eigenvalue weighted by Gasteiger charge is 2.48. The number of benzene rings is 10. The van der Waals surface area contributed by atoms with Crippen LogP contribution >= 0.6 is 11.3 Å². The Kier molecular flexibility index (Phi) is 7.87. The monoisotopic (exact) mass is 862 g/mol. The van der Waals surface area contributed by atoms with Crippen molar-refractivity contribution in [3.63, 3.8) is 0 Å². The van der Waals surface area contributed by atoms with E-state index in [-0.39, 0.29) is 0 Å². The second kappa shape index (κ2) is 14.0. The molecule has 0 saturated carbocycles. The average molecular weight is 863 g/mol. The van der Waals surface area contributed by atoms with E-state index in [2.05, 4.69) is 240 Å². The maximum absolute atomic E-state index is 7.11. The van der Waals surface area contributed by atoms with E-state index in [1.807, 2.05) is 11.3 Å². The molecule has 13 aromatic rings. The second-order valence-corrected chi connectivity index (χ2v) is 22.0. The van der Waals surface area contributed by atoms with Crippen molar-refractivity contribution in [1.29, 1.82) is 0 Å². The topological polar surface area (TPSA) is 19.1 Å². The highest BCUT2D eigenvalue weighted by Crippen LogP contribution is 2.39. The Morgan fingerprint density at radius 3 is 1.58 bits per heavy atom. The molecule has 1 atom stereocenters. The fourth-order valence-electron chi connectivity index (χ4n) is 11.0. The van der Waals surface area contributed by atoms with Crippen molar-refractivity contribution in [2.45, 2.75) is 0 Å². The maximum Gasteiger partial charge on any atom is 0.188 e. The molecule has 1 aliphatic rings. The van der Waals surface area contributed by atoms with Crippen LogP contribution < -0.4 is 25.5 Å². The highest BCUT2D eigenvalue weighted by atomic mass is 32.1. The number of hydrogen-bond donors (Lipinski definition) is 0. The molecule has 0 fully saturated rings. The number of rotatable bonds is 5. The lowest BCUT2D eigenvalue weighted by molar-refractivity contribution is 0.487. The van der Waals surface area contributed by atoms with Gasteiger partial charge < -0.3 is 13.9 Å². The van der Waals surface area contributed by atoms with E-state index >= 15 is 0 Å². The minimum atomic E-state index is -3.04. The molecule has 1 aliphatic heterocycles. The first-order valence-corrected chi connectivity index (χ1v) is 25.1. The predicted octanol–water partition coefficient (Wildman–Crippen LogP) is 13.4. The molecule has 5 heteroatoms. The summed E-state index contributed by atoms with van der Waals surface area (Å²) in [6.45, 7) is 0. The van der Waals surface area contributed by atoms with Gasteiger partial charge in [0.25, 0.3) is 0 Å². The number of aromatic nitrogens is 2. The van der Waals surface area contributed by atoms with E-state index in [1.165, 1.54) is 84.5 Å². The zero-order valence-electron chi connectivity index (χ0n) is 35.2. The number of fused-ring (bicyclic) bond motifs is 11. The molecule has 304 valence electrons. The molecule has 0 N–H and O–H groups in total. The zero-order valence-corrected chi connectivity index (χ0v) is 37.0. The van der Waals surface area contributed by atoms with E-state index in [0.29, 0.717) is 0 Å². The van der Waals surface area contributed by atoms with Gasteiger partial charge in [0.05, 0.1) is 22.1 Å². The molecule has 10 aromatic carbocycles. The summed E-state index contributed by atoms with van der Waals surface area (Å²) in [6.07, 6.45) is 0. The van der Waals surface area contributed by atoms with Crippen molar-refractivity contribution < 1.29 is 4.74 Å². The van der Waals surface area contributed by atoms with E-state index in [4.69, 9.17) is 4.74 Å². The summed E-state index contributed by atoms with van der Waals surface area (Å²) >= 11 is 1.87. The van der Waals surface area contributed by atoms with Gasteiger partial charge in [0, 0.05) is 53.1 Å². The van der Waals surface area contributed by atoms with Gasteiger partial charge in [-0.3, -0.25) is 0 Å². The minimum Gasteiger partial charge on any atom is -0.458 e. The summed E-state index contributed by atoms with van der Waals surface area (Å²) < 4.78 is 14.5. The van der Waals surface area contributed by atoms with Crippen molar-refractivity contribution in [2.24, 2.45) is 0 Å². The lowest BCUT2D eigenvalue weighted by Gasteiger charge is -2.40. The fraction of sp³-hybridized carbons (Fsp3) is 0. The Morgan fingerprint density at radius 1 is 0.323 bits per heavy atom. The molecule has 4 heterocycles. The molecule has 14 rings (SSSR count). The first-order valence-electron chi connectivity index (χ1n) is 22.2. The highest BCUT2D eigenvalue weighted by molar-refractivity contribution is 7.26. The molecule has 0 spiro atoms. The van der Waals surface area contributed by atoms with E-state index in [9.17, 15) is 0 Å². The summed E-state index contributed by atoms with van der Waals surface area (Å²) in [5.41, 5.74) is 9.40. The molecule has 3 nitrogen and oxygen atoms in total. The maximum atomic E-state index is 7.11. The summed E-state index contributed by atoms with van der Waals surface area (Å²) in [7, 11) is -3.04. The van der Waals surface area contributed by atoms with Crippen LogP contribution in [0.5, 0.6) is 11.5 Å². The van der Waals surface area contributed by atoms with Crippen molar-refractivity contribution in [3.05, 3.63) is 231 Å². The zero-order chi connectivity index (χ0) is 42.6. The van der Waals surface area contributed by atoms with Gasteiger partial charge in [-0.15, -0.1) is 11.3 Å². The Hall–Kier alpha value is -7.96. The first-order chi connectivity index (χ1) is 32.2. The Bertz CT molecular complexity index is 4000. The third-order valence-electron chi connectivity index (χ3n) is 13.9. The van der Waals surface area contributed by atoms with Gasteiger partial charge in [0.15, 0.2) is 8.07 Å². The number of ether oxygens (including phenoxy) is 1. The molecule has 1 unspecified atom stereocenters. The normalized spacial score (nSPS) is 14.6. The van der Waals surface area contributed by atoms with Crippen LogP contribution in [0.15, 0.2) is 231 Å². The summed E-state index contributed by atoms with van der Waals surface area (Å²) in [4.78, 5) is 0. The molecule has 0 radical (unpaired) electrons. The van der Waals surface area contributed by atoms with Crippen LogP contribution in [0.4, 0.5) is 0 Å². The van der Waals surface area contributed by atoms with Crippen LogP contribution in [-0.4, -0.2) is 17.2 Å². The second-order valence-electron chi connectivity index (χ2n) is 17.2. The lowest BCUT2D eigenvalue weighted by atomic mass is 10.0. The summed E-state index contributed by atoms with van der Waals surface area (Å²) in [5.74, 6) is 1.84. The van der Waals surface area contributed by atoms with Crippen molar-refractivity contribution >= 4 is 104 Å². The predicted molar refractivity (Wildman–Crippen MR) is 277 cm³/mol. The Morgan fingerprint density at radius 2 is 0.846 bits per heavy atom. The average Bonchev–Trinajstić information content (AvgIpc) is 4.03. The molecule has 65 heavy (non-hydrogen) atoms. The minimum absolute atomic E-state index is 0.918. The fourth-order valence-corrected chi connectivity index (χ4v) is 17.0. The third-order valence-corrected chi connectivity index (χ3v) is 19.8. The quantitative estimate of drug-likeness (QED) is 0.158. The van der Waals surface area contributed by atoms with Crippen molar-refractivity contribution in [2.75, 3.05) is 0 Å². The smallest absolute Gasteiger partial charge is 0.188 e. The van der Waals surface area contributed by atoms with Crippen molar-refractivity contribution in [3.8, 4) is 34.0 Å². The summed E-state index contributed by atoms with van der Waals surface area (Å²) in [6, 6.07) is 85.3. The van der Waals surface area contributed by atoms with Crippen molar-refractivity contribution in [1.82, 2.24) is 9.13 Å². The largest absolute Gasteiger partial charge is 0.458 e. The van der Waals surface area contributed by atoms with Crippen LogP contribution in [0.1, 0.15) is 0 Å². The molecule has 0 amide bonds. The van der Waals surface area contributed by atoms with Crippen LogP contribution in [0.2, 0.25) is 0 Å². The standard InChI is InChI=1S/C60H38N2OSSi/c1-2-14-41(15-3-1)61-53-22-10-6-18-47(53)49-36-39(26-33-54(49)61)40-27-35-60-56(37-40)63-55-23-11-13-25-59(55)65(60,44-32-34-58-50(38-44)48-19-7-12-24-57(48)64-58)43-30-28-42(29-31-43)62-51-20-8-4-16-45(51)46-17-5-9-21-52(46)62/h1-38H. The van der Waals surface area contributed by atoms with Gasteiger partial charge in [-0.05, 0) is 111 Å². The number of thiophene rings is 1. The van der Waals surface area contributed by atoms with Gasteiger partial charge in [0.1, 0.15) is 11.5 Å². The van der Waals surface area contributed by atoms with Crippen LogP contribution in [0.25, 0.3) is 86.3 Å². The lowest BCUT2D eigenvalue weighted by Crippen LogP contribution is -2.76. The van der Waals surface area contributed by atoms with Gasteiger partial charge in [0.2, 0.25) is 0 Å². The number of hydrogen-bond acceptors (Lipinski definition) is 2. The number of nitrogens with zero attached hydrogens (tertiary/aromatic N) is 2. The third kappa shape index (κ3) is 5.28. The van der Waals surface area contributed by atoms with Crippen LogP contribution in [0, 0.1) is 0 Å². The molecule has 0 saturated heterocycles. The first kappa shape index (κ1) is 36.5. The van der Waals surface area contributed by atoms with Gasteiger partial charge in [-0.1, -0.05) is 152 Å². The van der Waals surface area contributed by atoms with Gasteiger partial charge in [-0.25, -0.2) is 0 Å². The van der Waals surface area contributed by atoms with E-state index in [0.717, 1.165) is 34.0 Å². The van der Waals surface area contributed by atoms with Crippen LogP contribution in [0.3, 0.4) is 0 Å².